The average Bonchev–Trinajstić information content (AvgIpc) is 3.37. The molecule has 4 saturated carbocycles. The molecule has 7 rings (SSSR count). The fourth-order valence-corrected chi connectivity index (χ4v) is 12.2. The number of piperazine rings is 1. The zero-order valence-electron chi connectivity index (χ0n) is 40.8. The Labute approximate surface area is 400 Å². The number of carbonyl (C=O) groups excluding carboxylic acids is 6. The molecule has 15 nitrogen and oxygen atoms in total. The van der Waals surface area contributed by atoms with E-state index in [-0.39, 0.29) is 29.6 Å². The van der Waals surface area contributed by atoms with Gasteiger partial charge in [-0.3, -0.25) is 14.9 Å². The minimum Gasteiger partial charge on any atom is -0.464 e. The summed E-state index contributed by atoms with van der Waals surface area (Å²) >= 11 is 0. The maximum absolute atomic E-state index is 14.1. The minimum absolute atomic E-state index is 0.0660. The number of alkyl carbamates (subject to hydrolysis) is 1. The van der Waals surface area contributed by atoms with E-state index in [1.807, 2.05) is 9.80 Å². The molecule has 0 radical (unpaired) electrons. The van der Waals surface area contributed by atoms with Gasteiger partial charge in [0.2, 0.25) is 17.8 Å². The molecule has 7 aliphatic rings. The molecule has 7 fully saturated rings. The molecule has 6 amide bonds. The Morgan fingerprint density at radius 3 is 1.67 bits per heavy atom. The first-order valence-electron chi connectivity index (χ1n) is 27.2. The van der Waals surface area contributed by atoms with E-state index in [0.717, 1.165) is 114 Å². The average molecular weight is 937 g/mol. The van der Waals surface area contributed by atoms with Crippen LogP contribution in [0.5, 0.6) is 0 Å². The highest BCUT2D eigenvalue weighted by Gasteiger charge is 2.56. The molecule has 4 aliphatic carbocycles. The second kappa shape index (κ2) is 26.7. The van der Waals surface area contributed by atoms with E-state index in [0.29, 0.717) is 90.2 Å². The lowest BCUT2D eigenvalue weighted by Gasteiger charge is -2.47. The van der Waals surface area contributed by atoms with E-state index in [4.69, 9.17) is 14.2 Å². The second-order valence-electron chi connectivity index (χ2n) is 21.4. The van der Waals surface area contributed by atoms with Crippen LogP contribution in [-0.2, 0) is 28.6 Å². The molecule has 0 aromatic rings. The number of hydrogen-bond acceptors (Lipinski definition) is 9. The molecule has 0 aromatic carbocycles. The lowest BCUT2D eigenvalue weighted by atomic mass is 9.80. The third kappa shape index (κ3) is 15.5. The van der Waals surface area contributed by atoms with Crippen LogP contribution in [0.25, 0.3) is 0 Å². The first-order chi connectivity index (χ1) is 32.7. The Bertz CT molecular complexity index is 1640. The van der Waals surface area contributed by atoms with Gasteiger partial charge >= 0.3 is 24.2 Å². The van der Waals surface area contributed by atoms with E-state index < -0.39 is 36.1 Å². The highest BCUT2D eigenvalue weighted by molar-refractivity contribution is 6.08. The molecule has 0 aromatic heterocycles. The highest BCUT2D eigenvalue weighted by Crippen LogP contribution is 2.36. The molecule has 3 heterocycles. The van der Waals surface area contributed by atoms with Gasteiger partial charge in [-0.1, -0.05) is 109 Å². The number of aliphatic imine (C=N–C) groups is 1. The monoisotopic (exact) mass is 937 g/mol. The van der Waals surface area contributed by atoms with Crippen molar-refractivity contribution in [2.45, 2.75) is 192 Å². The molecule has 0 spiro atoms. The Morgan fingerprint density at radius 1 is 0.522 bits per heavy atom. The van der Waals surface area contributed by atoms with Gasteiger partial charge in [0.05, 0.1) is 25.7 Å². The number of piperidine rings is 1. The number of nitrogens with one attached hydrogen (secondary N) is 1. The van der Waals surface area contributed by atoms with E-state index in [1.165, 1.54) is 64.2 Å². The van der Waals surface area contributed by atoms with E-state index >= 15 is 0 Å². The lowest BCUT2D eigenvalue weighted by Crippen LogP contribution is -2.69. The number of imide groups is 1. The molecule has 2 unspecified atom stereocenters. The van der Waals surface area contributed by atoms with Gasteiger partial charge < -0.3 is 28.9 Å². The summed E-state index contributed by atoms with van der Waals surface area (Å²) < 4.78 is 17.2. The van der Waals surface area contributed by atoms with E-state index in [2.05, 4.69) is 10.3 Å². The number of amides is 6. The third-order valence-electron chi connectivity index (χ3n) is 16.4. The van der Waals surface area contributed by atoms with Crippen molar-refractivity contribution in [2.24, 2.45) is 40.5 Å². The van der Waals surface area contributed by atoms with Gasteiger partial charge in [-0.25, -0.2) is 24.1 Å². The number of guanidine groups is 1. The van der Waals surface area contributed by atoms with Gasteiger partial charge in [0.15, 0.2) is 6.04 Å². The van der Waals surface area contributed by atoms with Gasteiger partial charge in [0.25, 0.3) is 0 Å². The van der Waals surface area contributed by atoms with Crippen molar-refractivity contribution in [3.63, 3.8) is 0 Å². The quantitative estimate of drug-likeness (QED) is 0.0393. The van der Waals surface area contributed by atoms with E-state index in [1.54, 1.807) is 4.90 Å². The van der Waals surface area contributed by atoms with Crippen LogP contribution in [0.1, 0.15) is 186 Å². The molecular formula is C52H84N6O9. The Kier molecular flexibility index (Phi) is 20.3. The number of urea groups is 1. The van der Waals surface area contributed by atoms with Crippen LogP contribution in [0.3, 0.4) is 0 Å². The number of rotatable bonds is 16. The van der Waals surface area contributed by atoms with Gasteiger partial charge in [0.1, 0.15) is 0 Å². The van der Waals surface area contributed by atoms with Crippen molar-refractivity contribution in [1.82, 2.24) is 24.9 Å². The van der Waals surface area contributed by atoms with Gasteiger partial charge in [-0.05, 0) is 100 Å². The fraction of sp³-hybridized carbons (Fsp3) is 0.865. The summed E-state index contributed by atoms with van der Waals surface area (Å²) in [6.07, 6.45) is 29.4. The molecule has 1 N–H and O–H groups in total. The van der Waals surface area contributed by atoms with Crippen LogP contribution < -0.4 is 5.32 Å². The molecule has 67 heavy (non-hydrogen) atoms. The van der Waals surface area contributed by atoms with Crippen LogP contribution in [0.2, 0.25) is 0 Å². The smallest absolute Gasteiger partial charge is 0.436 e. The summed E-state index contributed by atoms with van der Waals surface area (Å²) in [6, 6.07) is -1.49. The number of carbonyl (C=O) groups is 6. The summed E-state index contributed by atoms with van der Waals surface area (Å²) in [5, 5.41) is 2.78. The van der Waals surface area contributed by atoms with Crippen molar-refractivity contribution >= 4 is 42.0 Å². The predicted octanol–water partition coefficient (Wildman–Crippen LogP) is 9.60. The summed E-state index contributed by atoms with van der Waals surface area (Å²) in [5.41, 5.74) is 0. The topological polar surface area (TPSA) is 167 Å². The summed E-state index contributed by atoms with van der Waals surface area (Å²) in [5.74, 6) is 0.492. The van der Waals surface area contributed by atoms with Crippen molar-refractivity contribution in [2.75, 3.05) is 59.1 Å². The van der Waals surface area contributed by atoms with E-state index in [9.17, 15) is 28.8 Å². The summed E-state index contributed by atoms with van der Waals surface area (Å²) in [7, 11) is 0. The maximum Gasteiger partial charge on any atom is 0.436 e. The first-order valence-corrected chi connectivity index (χ1v) is 27.2. The van der Waals surface area contributed by atoms with Crippen LogP contribution in [-0.4, -0.2) is 127 Å². The SMILES string of the molecule is O=C(/N=C(\NC(=O)OCC1CCCCC1)N1CCCC(CC[C@H]2C(=O)N(C(=O)N3CCN(C(=O)CCCCCC4CCCCC4)CC3)C2C(=O)OCC2CCCCC2)C1)OCC1CCCCC1. The van der Waals surface area contributed by atoms with Crippen molar-refractivity contribution in [1.29, 1.82) is 0 Å². The molecule has 3 atom stereocenters. The van der Waals surface area contributed by atoms with Crippen LogP contribution in [0.15, 0.2) is 4.99 Å². The number of esters is 1. The summed E-state index contributed by atoms with van der Waals surface area (Å²) in [4.78, 5) is 92.3. The highest BCUT2D eigenvalue weighted by atomic mass is 16.6. The zero-order chi connectivity index (χ0) is 46.8. The number of unbranched alkanes of at least 4 members (excludes halogenated alkanes) is 2. The van der Waals surface area contributed by atoms with Crippen molar-refractivity contribution in [3.8, 4) is 0 Å². The molecule has 15 heteroatoms. The van der Waals surface area contributed by atoms with Crippen molar-refractivity contribution < 1.29 is 43.0 Å². The van der Waals surface area contributed by atoms with Gasteiger partial charge in [-0.2, -0.15) is 0 Å². The molecule has 376 valence electrons. The Hall–Kier alpha value is -3.91. The predicted molar refractivity (Wildman–Crippen MR) is 255 cm³/mol. The number of hydrogen-bond donors (Lipinski definition) is 1. The maximum atomic E-state index is 14.1. The largest absolute Gasteiger partial charge is 0.464 e. The Balaban J connectivity index is 0.927. The van der Waals surface area contributed by atoms with Crippen molar-refractivity contribution in [3.05, 3.63) is 0 Å². The normalized spacial score (nSPS) is 25.3. The van der Waals surface area contributed by atoms with Gasteiger partial charge in [-0.15, -0.1) is 4.99 Å². The first kappa shape index (κ1) is 51.0. The molecule has 0 bridgehead atoms. The second-order valence-corrected chi connectivity index (χ2v) is 21.4. The molecule has 3 aliphatic heterocycles. The number of ether oxygens (including phenoxy) is 3. The molecular weight excluding hydrogens is 853 g/mol. The van der Waals surface area contributed by atoms with Crippen LogP contribution in [0, 0.1) is 35.5 Å². The fourth-order valence-electron chi connectivity index (χ4n) is 12.2. The standard InChI is InChI=1S/C52H84N6O9/c59-45(27-15-5-8-19-39-17-6-1-7-18-39)55-31-33-56(34-32-55)52(64)58-46(48(61)65-36-41-20-9-2-10-21-41)44(47(58)60)29-28-40-26-16-30-57(35-40)49(53-50(62)66-37-42-22-11-3-12-23-42)54-51(63)67-38-43-24-13-4-14-25-43/h39-44,46H,1-38H2,(H,53,54,62,63)/t40?,44-,46?/m1/s1. The lowest BCUT2D eigenvalue weighted by molar-refractivity contribution is -0.172. The zero-order valence-corrected chi connectivity index (χ0v) is 40.8. The van der Waals surface area contributed by atoms with Gasteiger partial charge in [0, 0.05) is 45.7 Å². The van der Waals surface area contributed by atoms with Crippen LogP contribution in [0.4, 0.5) is 14.4 Å². The number of likely N-dealkylation sites (tertiary alicyclic amines) is 2. The number of β-lactam (4-membered cyclic amide) rings is 1. The number of nitrogens with zero attached hydrogens (tertiary/aromatic N) is 5. The van der Waals surface area contributed by atoms with Crippen LogP contribution >= 0.6 is 0 Å². The summed E-state index contributed by atoms with van der Waals surface area (Å²) in [6.45, 7) is 3.38. The third-order valence-corrected chi connectivity index (χ3v) is 16.4. The minimum atomic E-state index is -1.01. The molecule has 3 saturated heterocycles. The Morgan fingerprint density at radius 2 is 1.06 bits per heavy atom.